The van der Waals surface area contributed by atoms with Crippen LogP contribution in [0.25, 0.3) is 11.0 Å². The van der Waals surface area contributed by atoms with Crippen molar-refractivity contribution in [1.82, 2.24) is 18.8 Å². The molecule has 4 rings (SSSR count). The molecule has 0 bridgehead atoms. The van der Waals surface area contributed by atoms with Gasteiger partial charge in [0.2, 0.25) is 0 Å². The van der Waals surface area contributed by atoms with Crippen molar-refractivity contribution in [3.05, 3.63) is 48.4 Å². The van der Waals surface area contributed by atoms with Crippen LogP contribution in [0.15, 0.2) is 47.8 Å². The van der Waals surface area contributed by atoms with Crippen molar-refractivity contribution in [1.29, 1.82) is 0 Å². The third-order valence-electron chi connectivity index (χ3n) is 6.25. The van der Waals surface area contributed by atoms with Gasteiger partial charge in [-0.25, -0.2) is 27.2 Å². The number of anilines is 1. The van der Waals surface area contributed by atoms with E-state index in [1.807, 2.05) is 27.7 Å². The molecule has 10 heteroatoms. The molecule has 0 unspecified atom stereocenters. The molecule has 0 N–H and O–H groups in total. The first kappa shape index (κ1) is 25.9. The average molecular weight is 514 g/mol. The zero-order valence-corrected chi connectivity index (χ0v) is 22.6. The van der Waals surface area contributed by atoms with Gasteiger partial charge in [-0.2, -0.15) is 0 Å². The summed E-state index contributed by atoms with van der Waals surface area (Å²) in [5.41, 5.74) is 0.745. The molecular weight excluding hydrogens is 478 g/mol. The predicted octanol–water partition coefficient (Wildman–Crippen LogP) is 4.59. The van der Waals surface area contributed by atoms with Gasteiger partial charge < -0.3 is 14.5 Å². The Balaban J connectivity index is 1.70. The summed E-state index contributed by atoms with van der Waals surface area (Å²) in [5.74, 6) is 0.656. The lowest BCUT2D eigenvalue weighted by molar-refractivity contribution is 0.0195. The van der Waals surface area contributed by atoms with Crippen LogP contribution in [0.5, 0.6) is 0 Å². The maximum atomic E-state index is 13.4. The van der Waals surface area contributed by atoms with E-state index in [0.717, 1.165) is 18.4 Å². The number of benzene rings is 1. The number of fused-ring (bicyclic) bond motifs is 1. The molecule has 0 saturated carbocycles. The van der Waals surface area contributed by atoms with E-state index in [9.17, 15) is 13.2 Å². The van der Waals surface area contributed by atoms with E-state index in [1.165, 1.54) is 16.5 Å². The minimum Gasteiger partial charge on any atom is -0.444 e. The van der Waals surface area contributed by atoms with E-state index in [2.05, 4.69) is 28.7 Å². The Kier molecular flexibility index (Phi) is 7.01. The zero-order chi connectivity index (χ0) is 26.3. The number of hydrogen-bond acceptors (Lipinski definition) is 7. The minimum absolute atomic E-state index is 0.00132. The number of aryl methyl sites for hydroxylation is 1. The molecule has 1 fully saturated rings. The van der Waals surface area contributed by atoms with Gasteiger partial charge in [-0.3, -0.25) is 0 Å². The third kappa shape index (κ3) is 5.18. The standard InChI is InChI=1S/C26H35N5O4S/c1-18(2)31(20-8-7-14-29(16-20)25(32)35-26(4,5)6)24-22-13-15-30(23(22)27-17-28-24)36(33,34)21-11-9-19(3)10-12-21/h9-13,15,17-18,20H,7-8,14,16H2,1-6H3/t20-/m1/s1. The summed E-state index contributed by atoms with van der Waals surface area (Å²) in [5, 5.41) is 0.649. The van der Waals surface area contributed by atoms with Crippen LogP contribution in [-0.4, -0.2) is 64.1 Å². The lowest BCUT2D eigenvalue weighted by atomic mass is 10.0. The number of carbonyl (C=O) groups is 1. The van der Waals surface area contributed by atoms with E-state index in [-0.39, 0.29) is 23.1 Å². The van der Waals surface area contributed by atoms with Crippen molar-refractivity contribution in [2.75, 3.05) is 18.0 Å². The normalized spacial score (nSPS) is 17.0. The smallest absolute Gasteiger partial charge is 0.410 e. The molecule has 1 aliphatic heterocycles. The van der Waals surface area contributed by atoms with E-state index in [4.69, 9.17) is 4.74 Å². The average Bonchev–Trinajstić information content (AvgIpc) is 3.24. The molecule has 2 aromatic heterocycles. The SMILES string of the molecule is Cc1ccc(S(=O)(=O)n2ccc3c(N(C(C)C)[C@@H]4CCCN(C(=O)OC(C)(C)C)C4)ncnc32)cc1. The Morgan fingerprint density at radius 2 is 1.83 bits per heavy atom. The van der Waals surface area contributed by atoms with Gasteiger partial charge in [0.1, 0.15) is 17.7 Å². The highest BCUT2D eigenvalue weighted by atomic mass is 32.2. The number of carbonyl (C=O) groups excluding carboxylic acids is 1. The second-order valence-corrected chi connectivity index (χ2v) is 12.4. The van der Waals surface area contributed by atoms with Crippen LogP contribution in [0.1, 0.15) is 53.0 Å². The summed E-state index contributed by atoms with van der Waals surface area (Å²) >= 11 is 0. The quantitative estimate of drug-likeness (QED) is 0.492. The Morgan fingerprint density at radius 1 is 1.14 bits per heavy atom. The molecule has 1 aromatic carbocycles. The highest BCUT2D eigenvalue weighted by Gasteiger charge is 2.33. The van der Waals surface area contributed by atoms with Gasteiger partial charge in [0.05, 0.1) is 10.3 Å². The van der Waals surface area contributed by atoms with Crippen LogP contribution in [0.4, 0.5) is 10.6 Å². The fourth-order valence-corrected chi connectivity index (χ4v) is 5.95. The molecule has 3 heterocycles. The van der Waals surface area contributed by atoms with E-state index in [0.29, 0.717) is 29.9 Å². The second kappa shape index (κ2) is 9.72. The number of aromatic nitrogens is 3. The van der Waals surface area contributed by atoms with Gasteiger partial charge in [0.25, 0.3) is 10.0 Å². The zero-order valence-electron chi connectivity index (χ0n) is 21.8. The van der Waals surface area contributed by atoms with Crippen LogP contribution in [0.2, 0.25) is 0 Å². The highest BCUT2D eigenvalue weighted by Crippen LogP contribution is 2.32. The van der Waals surface area contributed by atoms with E-state index in [1.54, 1.807) is 35.2 Å². The summed E-state index contributed by atoms with van der Waals surface area (Å²) in [6, 6.07) is 8.57. The molecule has 0 spiro atoms. The van der Waals surface area contributed by atoms with E-state index < -0.39 is 15.6 Å². The summed E-state index contributed by atoms with van der Waals surface area (Å²) in [6.07, 6.45) is 4.34. The fourth-order valence-electron chi connectivity index (χ4n) is 4.65. The van der Waals surface area contributed by atoms with Gasteiger partial charge in [0, 0.05) is 31.4 Å². The molecule has 3 aromatic rings. The summed E-state index contributed by atoms with van der Waals surface area (Å²) in [4.78, 5) is 25.8. The van der Waals surface area contributed by atoms with Crippen molar-refractivity contribution in [3.63, 3.8) is 0 Å². The number of hydrogen-bond donors (Lipinski definition) is 0. The molecule has 9 nitrogen and oxygen atoms in total. The van der Waals surface area contributed by atoms with Gasteiger partial charge in [-0.1, -0.05) is 17.7 Å². The van der Waals surface area contributed by atoms with Crippen molar-refractivity contribution >= 4 is 33.0 Å². The summed E-state index contributed by atoms with van der Waals surface area (Å²) in [6.45, 7) is 12.8. The summed E-state index contributed by atoms with van der Waals surface area (Å²) < 4.78 is 33.6. The Bertz CT molecular complexity index is 1340. The predicted molar refractivity (Wildman–Crippen MR) is 140 cm³/mol. The number of amides is 1. The second-order valence-electron chi connectivity index (χ2n) is 10.6. The molecule has 1 atom stereocenters. The molecule has 194 valence electrons. The van der Waals surface area contributed by atoms with E-state index >= 15 is 0 Å². The summed E-state index contributed by atoms with van der Waals surface area (Å²) in [7, 11) is -3.83. The molecule has 36 heavy (non-hydrogen) atoms. The molecular formula is C26H35N5O4S. The van der Waals surface area contributed by atoms with Crippen LogP contribution in [0, 0.1) is 6.92 Å². The van der Waals surface area contributed by atoms with Crippen LogP contribution in [0.3, 0.4) is 0 Å². The largest absolute Gasteiger partial charge is 0.444 e. The topological polar surface area (TPSA) is 97.6 Å². The molecule has 1 amide bonds. The lowest BCUT2D eigenvalue weighted by Crippen LogP contribution is -2.53. The monoisotopic (exact) mass is 513 g/mol. The lowest BCUT2D eigenvalue weighted by Gasteiger charge is -2.42. The van der Waals surface area contributed by atoms with Crippen LogP contribution >= 0.6 is 0 Å². The van der Waals surface area contributed by atoms with Crippen LogP contribution in [-0.2, 0) is 14.8 Å². The highest BCUT2D eigenvalue weighted by molar-refractivity contribution is 7.90. The molecule has 0 aliphatic carbocycles. The minimum atomic E-state index is -3.83. The van der Waals surface area contributed by atoms with Crippen molar-refractivity contribution in [3.8, 4) is 0 Å². The number of likely N-dealkylation sites (tertiary alicyclic amines) is 1. The Hall–Kier alpha value is -3.14. The van der Waals surface area contributed by atoms with Gasteiger partial charge in [0.15, 0.2) is 5.65 Å². The Labute approximate surface area is 213 Å². The third-order valence-corrected chi connectivity index (χ3v) is 7.93. The maximum absolute atomic E-state index is 13.4. The van der Waals surface area contributed by atoms with Crippen molar-refractivity contribution < 1.29 is 17.9 Å². The van der Waals surface area contributed by atoms with Gasteiger partial charge in [-0.05, 0) is 72.6 Å². The molecule has 0 radical (unpaired) electrons. The number of piperidine rings is 1. The van der Waals surface area contributed by atoms with Gasteiger partial charge >= 0.3 is 6.09 Å². The molecule has 1 aliphatic rings. The fraction of sp³-hybridized carbons (Fsp3) is 0.500. The maximum Gasteiger partial charge on any atom is 0.410 e. The number of rotatable bonds is 5. The van der Waals surface area contributed by atoms with Crippen LogP contribution < -0.4 is 4.90 Å². The first-order valence-corrected chi connectivity index (χ1v) is 13.7. The Morgan fingerprint density at radius 3 is 2.47 bits per heavy atom. The first-order valence-electron chi connectivity index (χ1n) is 12.3. The van der Waals surface area contributed by atoms with Gasteiger partial charge in [-0.15, -0.1) is 0 Å². The van der Waals surface area contributed by atoms with Crippen molar-refractivity contribution in [2.45, 2.75) is 77.0 Å². The molecule has 1 saturated heterocycles. The first-order chi connectivity index (χ1) is 16.9. The van der Waals surface area contributed by atoms with Crippen molar-refractivity contribution in [2.24, 2.45) is 0 Å². The number of ether oxygens (including phenoxy) is 1. The number of nitrogens with zero attached hydrogens (tertiary/aromatic N) is 5.